The molecule has 1 aromatic carbocycles. The maximum atomic E-state index is 5.61. The molecule has 1 atom stereocenters. The van der Waals surface area contributed by atoms with Crippen LogP contribution in [0.1, 0.15) is 49.5 Å². The zero-order valence-corrected chi connectivity index (χ0v) is 13.2. The van der Waals surface area contributed by atoms with E-state index in [9.17, 15) is 0 Å². The quantitative estimate of drug-likeness (QED) is 0.864. The van der Waals surface area contributed by atoms with Crippen LogP contribution >= 0.6 is 0 Å². The first-order chi connectivity index (χ1) is 9.40. The van der Waals surface area contributed by atoms with Crippen molar-refractivity contribution in [1.82, 2.24) is 5.32 Å². The predicted molar refractivity (Wildman–Crippen MR) is 84.1 cm³/mol. The second-order valence-electron chi connectivity index (χ2n) is 6.22. The summed E-state index contributed by atoms with van der Waals surface area (Å²) in [5.74, 6) is 1.99. The fourth-order valence-corrected chi connectivity index (χ4v) is 2.59. The molecule has 0 saturated carbocycles. The maximum Gasteiger partial charge on any atom is 0.105 e. The number of hydrogen-bond acceptors (Lipinski definition) is 2. The summed E-state index contributed by atoms with van der Waals surface area (Å²) in [6.07, 6.45) is 0. The molecule has 0 aliphatic rings. The van der Waals surface area contributed by atoms with Gasteiger partial charge in [-0.05, 0) is 32.4 Å². The van der Waals surface area contributed by atoms with Gasteiger partial charge in [0.1, 0.15) is 11.5 Å². The van der Waals surface area contributed by atoms with E-state index in [0.717, 1.165) is 18.1 Å². The average Bonchev–Trinajstić information content (AvgIpc) is 2.76. The Hall–Kier alpha value is -1.54. The Labute approximate surface area is 122 Å². The van der Waals surface area contributed by atoms with Gasteiger partial charge >= 0.3 is 0 Å². The van der Waals surface area contributed by atoms with Gasteiger partial charge in [-0.3, -0.25) is 0 Å². The molecular formula is C18H25NO. The molecule has 2 nitrogen and oxygen atoms in total. The summed E-state index contributed by atoms with van der Waals surface area (Å²) in [7, 11) is 0. The van der Waals surface area contributed by atoms with Gasteiger partial charge in [0.2, 0.25) is 0 Å². The largest absolute Gasteiger partial charge is 0.466 e. The Balaban J connectivity index is 2.03. The summed E-state index contributed by atoms with van der Waals surface area (Å²) in [6.45, 7) is 11.7. The van der Waals surface area contributed by atoms with Crippen LogP contribution in [-0.2, 0) is 5.41 Å². The molecule has 1 N–H and O–H groups in total. The summed E-state index contributed by atoms with van der Waals surface area (Å²) < 4.78 is 5.61. The Morgan fingerprint density at radius 1 is 1.15 bits per heavy atom. The van der Waals surface area contributed by atoms with Gasteiger partial charge in [-0.2, -0.15) is 0 Å². The maximum absolute atomic E-state index is 5.61. The van der Waals surface area contributed by atoms with E-state index in [-0.39, 0.29) is 5.41 Å². The highest BCUT2D eigenvalue weighted by Gasteiger charge is 2.22. The van der Waals surface area contributed by atoms with E-state index in [2.05, 4.69) is 62.5 Å². The van der Waals surface area contributed by atoms with E-state index in [4.69, 9.17) is 4.42 Å². The number of rotatable bonds is 5. The monoisotopic (exact) mass is 271 g/mol. The van der Waals surface area contributed by atoms with Gasteiger partial charge in [-0.25, -0.2) is 0 Å². The van der Waals surface area contributed by atoms with Crippen LogP contribution in [0.25, 0.3) is 0 Å². The van der Waals surface area contributed by atoms with Crippen molar-refractivity contribution in [3.63, 3.8) is 0 Å². The van der Waals surface area contributed by atoms with E-state index < -0.39 is 0 Å². The molecular weight excluding hydrogens is 246 g/mol. The smallest absolute Gasteiger partial charge is 0.105 e. The second kappa shape index (κ2) is 5.84. The van der Waals surface area contributed by atoms with Crippen LogP contribution in [0.3, 0.4) is 0 Å². The van der Waals surface area contributed by atoms with E-state index in [1.54, 1.807) is 0 Å². The van der Waals surface area contributed by atoms with Crippen molar-refractivity contribution in [3.8, 4) is 0 Å². The first-order valence-corrected chi connectivity index (χ1v) is 7.26. The molecule has 0 fully saturated rings. The Kier molecular flexibility index (Phi) is 4.34. The molecule has 1 aromatic heterocycles. The lowest BCUT2D eigenvalue weighted by Crippen LogP contribution is -2.34. The molecule has 108 valence electrons. The van der Waals surface area contributed by atoms with Crippen molar-refractivity contribution in [2.24, 2.45) is 0 Å². The van der Waals surface area contributed by atoms with E-state index in [1.807, 2.05) is 13.8 Å². The lowest BCUT2D eigenvalue weighted by atomic mass is 9.84. The van der Waals surface area contributed by atoms with Gasteiger partial charge in [0.15, 0.2) is 0 Å². The molecule has 0 spiro atoms. The van der Waals surface area contributed by atoms with Gasteiger partial charge in [-0.1, -0.05) is 44.2 Å². The number of benzene rings is 1. The molecule has 0 saturated heterocycles. The molecule has 2 aromatic rings. The van der Waals surface area contributed by atoms with Crippen LogP contribution < -0.4 is 5.32 Å². The van der Waals surface area contributed by atoms with Gasteiger partial charge in [0.25, 0.3) is 0 Å². The highest BCUT2D eigenvalue weighted by molar-refractivity contribution is 5.26. The summed E-state index contributed by atoms with van der Waals surface area (Å²) in [6, 6.07) is 13.1. The SMILES string of the molecule is Cc1cc(C(C)NCC(C)(C)c2ccccc2)c(C)o1. The van der Waals surface area contributed by atoms with Crippen molar-refractivity contribution in [2.45, 2.75) is 46.1 Å². The van der Waals surface area contributed by atoms with Crippen LogP contribution in [0.2, 0.25) is 0 Å². The van der Waals surface area contributed by atoms with Crippen molar-refractivity contribution in [3.05, 3.63) is 59.0 Å². The zero-order valence-electron chi connectivity index (χ0n) is 13.2. The molecule has 0 bridgehead atoms. The van der Waals surface area contributed by atoms with Crippen LogP contribution in [0, 0.1) is 13.8 Å². The van der Waals surface area contributed by atoms with E-state index in [1.165, 1.54) is 11.1 Å². The first-order valence-electron chi connectivity index (χ1n) is 7.26. The molecule has 0 amide bonds. The third-order valence-corrected chi connectivity index (χ3v) is 3.95. The van der Waals surface area contributed by atoms with Crippen LogP contribution in [0.15, 0.2) is 40.8 Å². The molecule has 2 rings (SSSR count). The predicted octanol–water partition coefficient (Wildman–Crippen LogP) is 4.52. The molecule has 20 heavy (non-hydrogen) atoms. The van der Waals surface area contributed by atoms with Crippen LogP contribution in [0.5, 0.6) is 0 Å². The molecule has 0 aliphatic carbocycles. The van der Waals surface area contributed by atoms with Crippen molar-refractivity contribution in [2.75, 3.05) is 6.54 Å². The van der Waals surface area contributed by atoms with Crippen LogP contribution in [-0.4, -0.2) is 6.54 Å². The van der Waals surface area contributed by atoms with Crippen LogP contribution in [0.4, 0.5) is 0 Å². The number of nitrogens with one attached hydrogen (secondary N) is 1. The number of furan rings is 1. The minimum Gasteiger partial charge on any atom is -0.466 e. The topological polar surface area (TPSA) is 25.2 Å². The molecule has 2 heteroatoms. The molecule has 0 aliphatic heterocycles. The van der Waals surface area contributed by atoms with Crippen molar-refractivity contribution in [1.29, 1.82) is 0 Å². The second-order valence-corrected chi connectivity index (χ2v) is 6.22. The number of hydrogen-bond donors (Lipinski definition) is 1. The zero-order chi connectivity index (χ0) is 14.8. The standard InChI is InChI=1S/C18H25NO/c1-13-11-17(15(3)20-13)14(2)19-12-18(4,5)16-9-7-6-8-10-16/h6-11,14,19H,12H2,1-5H3. The summed E-state index contributed by atoms with van der Waals surface area (Å²) in [5.41, 5.74) is 2.73. The lowest BCUT2D eigenvalue weighted by Gasteiger charge is -2.27. The van der Waals surface area contributed by atoms with Crippen molar-refractivity contribution < 1.29 is 4.42 Å². The number of aryl methyl sites for hydroxylation is 2. The van der Waals surface area contributed by atoms with Gasteiger partial charge in [-0.15, -0.1) is 0 Å². The van der Waals surface area contributed by atoms with E-state index >= 15 is 0 Å². The summed E-state index contributed by atoms with van der Waals surface area (Å²) in [4.78, 5) is 0. The van der Waals surface area contributed by atoms with Crippen molar-refractivity contribution >= 4 is 0 Å². The highest BCUT2D eigenvalue weighted by Crippen LogP contribution is 2.25. The Morgan fingerprint density at radius 2 is 1.80 bits per heavy atom. The molecule has 1 heterocycles. The van der Waals surface area contributed by atoms with Gasteiger partial charge in [0.05, 0.1) is 0 Å². The van der Waals surface area contributed by atoms with Gasteiger partial charge < -0.3 is 9.73 Å². The minimum atomic E-state index is 0.113. The minimum absolute atomic E-state index is 0.113. The molecule has 0 radical (unpaired) electrons. The Morgan fingerprint density at radius 3 is 2.35 bits per heavy atom. The normalized spacial score (nSPS) is 13.4. The summed E-state index contributed by atoms with van der Waals surface area (Å²) in [5, 5.41) is 3.63. The first kappa shape index (κ1) is 14.9. The third-order valence-electron chi connectivity index (χ3n) is 3.95. The average molecular weight is 271 g/mol. The Bertz CT molecular complexity index is 554. The van der Waals surface area contributed by atoms with E-state index in [0.29, 0.717) is 6.04 Å². The fraction of sp³-hybridized carbons (Fsp3) is 0.444. The highest BCUT2D eigenvalue weighted by atomic mass is 16.3. The molecule has 1 unspecified atom stereocenters. The van der Waals surface area contributed by atoms with Gasteiger partial charge in [0, 0.05) is 23.6 Å². The summed E-state index contributed by atoms with van der Waals surface area (Å²) >= 11 is 0. The third kappa shape index (κ3) is 3.31. The fourth-order valence-electron chi connectivity index (χ4n) is 2.59. The lowest BCUT2D eigenvalue weighted by molar-refractivity contribution is 0.429.